The van der Waals surface area contributed by atoms with Gasteiger partial charge in [-0.05, 0) is 30.5 Å². The smallest absolute Gasteiger partial charge is 0.489 e. The molecule has 1 N–H and O–H groups in total. The lowest BCUT2D eigenvalue weighted by atomic mass is 10.00. The van der Waals surface area contributed by atoms with Crippen LogP contribution in [0.25, 0.3) is 0 Å². The maximum Gasteiger partial charge on any atom is 0.491 e. The molecule has 4 heteroatoms. The van der Waals surface area contributed by atoms with Crippen LogP contribution in [0.5, 0.6) is 0 Å². The molecular formula is C10H22O3Si. The molecule has 0 aliphatic rings. The Labute approximate surface area is 87.6 Å². The van der Waals surface area contributed by atoms with Gasteiger partial charge in [0.05, 0.1) is 0 Å². The van der Waals surface area contributed by atoms with E-state index in [4.69, 9.17) is 9.53 Å². The summed E-state index contributed by atoms with van der Waals surface area (Å²) in [5, 5.41) is 8.64. The molecule has 84 valence electrons. The number of hydrogen-bond donors (Lipinski definition) is 1. The van der Waals surface area contributed by atoms with Gasteiger partial charge in [0.25, 0.3) is 8.32 Å². The molecule has 0 aromatic rings. The summed E-state index contributed by atoms with van der Waals surface area (Å²) in [6, 6.07) is 0. The predicted octanol–water partition coefficient (Wildman–Crippen LogP) is 3.71. The van der Waals surface area contributed by atoms with Crippen molar-refractivity contribution >= 4 is 14.5 Å². The fraction of sp³-hybridized carbons (Fsp3) is 0.900. The van der Waals surface area contributed by atoms with Gasteiger partial charge in [0.1, 0.15) is 0 Å². The minimum absolute atomic E-state index is 0.0143. The van der Waals surface area contributed by atoms with Gasteiger partial charge >= 0.3 is 6.16 Å². The zero-order valence-electron chi connectivity index (χ0n) is 10.0. The van der Waals surface area contributed by atoms with Gasteiger partial charge in [-0.3, -0.25) is 0 Å². The summed E-state index contributed by atoms with van der Waals surface area (Å²) in [6.07, 6.45) is -0.141. The van der Waals surface area contributed by atoms with Gasteiger partial charge in [-0.1, -0.05) is 27.7 Å². The maximum absolute atomic E-state index is 10.6. The van der Waals surface area contributed by atoms with E-state index >= 15 is 0 Å². The van der Waals surface area contributed by atoms with Gasteiger partial charge in [-0.2, -0.15) is 0 Å². The summed E-state index contributed by atoms with van der Waals surface area (Å²) in [7, 11) is -2.16. The van der Waals surface area contributed by atoms with Crippen LogP contribution < -0.4 is 0 Å². The molecule has 0 aromatic heterocycles. The molecule has 3 nitrogen and oxygen atoms in total. The van der Waals surface area contributed by atoms with Crippen molar-refractivity contribution in [2.24, 2.45) is 5.92 Å². The molecule has 0 aliphatic carbocycles. The number of carboxylic acid groups (broad SMARTS) is 1. The standard InChI is InChI=1S/C10H22O3Si/c1-8(2)7-10(3,4)14(5,6)13-9(11)12/h8H,7H2,1-6H3,(H,11,12). The highest BCUT2D eigenvalue weighted by Gasteiger charge is 2.44. The lowest BCUT2D eigenvalue weighted by Crippen LogP contribution is -2.44. The molecule has 0 aromatic carbocycles. The highest BCUT2D eigenvalue weighted by molar-refractivity contribution is 6.75. The van der Waals surface area contributed by atoms with Crippen LogP contribution >= 0.6 is 0 Å². The van der Waals surface area contributed by atoms with Crippen LogP contribution in [-0.2, 0) is 4.43 Å². The highest BCUT2D eigenvalue weighted by atomic mass is 28.4. The van der Waals surface area contributed by atoms with E-state index in [1.807, 2.05) is 13.1 Å². The van der Waals surface area contributed by atoms with E-state index in [0.29, 0.717) is 5.92 Å². The summed E-state index contributed by atoms with van der Waals surface area (Å²) < 4.78 is 5.06. The molecule has 0 unspecified atom stereocenters. The third-order valence-corrected chi connectivity index (χ3v) is 7.04. The molecule has 0 fully saturated rings. The molecule has 0 heterocycles. The molecule has 0 bridgehead atoms. The van der Waals surface area contributed by atoms with E-state index < -0.39 is 14.5 Å². The van der Waals surface area contributed by atoms with E-state index in [1.54, 1.807) is 0 Å². The van der Waals surface area contributed by atoms with Crippen LogP contribution in [0, 0.1) is 5.92 Å². The lowest BCUT2D eigenvalue weighted by molar-refractivity contribution is 0.138. The first kappa shape index (κ1) is 13.5. The number of rotatable bonds is 4. The molecule has 0 atom stereocenters. The maximum atomic E-state index is 10.6. The van der Waals surface area contributed by atoms with Crippen molar-refractivity contribution in [3.05, 3.63) is 0 Å². The molecule has 0 spiro atoms. The molecular weight excluding hydrogens is 196 g/mol. The normalized spacial score (nSPS) is 13.1. The largest absolute Gasteiger partial charge is 0.491 e. The van der Waals surface area contributed by atoms with E-state index in [-0.39, 0.29) is 5.04 Å². The highest BCUT2D eigenvalue weighted by Crippen LogP contribution is 2.43. The first-order valence-electron chi connectivity index (χ1n) is 5.00. The van der Waals surface area contributed by atoms with Crippen LogP contribution in [-0.4, -0.2) is 19.6 Å². The summed E-state index contributed by atoms with van der Waals surface area (Å²) in [5.74, 6) is 0.564. The molecule has 0 amide bonds. The Bertz CT molecular complexity index is 209. The van der Waals surface area contributed by atoms with Crippen LogP contribution in [0.15, 0.2) is 0 Å². The molecule has 0 aliphatic heterocycles. The van der Waals surface area contributed by atoms with Gasteiger partial charge in [-0.15, -0.1) is 0 Å². The van der Waals surface area contributed by atoms with Crippen molar-refractivity contribution in [2.45, 2.75) is 52.2 Å². The van der Waals surface area contributed by atoms with Gasteiger partial charge < -0.3 is 9.53 Å². The van der Waals surface area contributed by atoms with E-state index in [1.165, 1.54) is 0 Å². The monoisotopic (exact) mass is 218 g/mol. The van der Waals surface area contributed by atoms with Crippen molar-refractivity contribution in [1.29, 1.82) is 0 Å². The second kappa shape index (κ2) is 4.34. The fourth-order valence-corrected chi connectivity index (χ4v) is 3.24. The fourth-order valence-electron chi connectivity index (χ4n) is 1.62. The summed E-state index contributed by atoms with van der Waals surface area (Å²) in [5.41, 5.74) is 0. The SMILES string of the molecule is CC(C)CC(C)(C)[Si](C)(C)OC(=O)O. The van der Waals surface area contributed by atoms with Crippen LogP contribution in [0.1, 0.15) is 34.1 Å². The van der Waals surface area contributed by atoms with Crippen molar-refractivity contribution in [2.75, 3.05) is 0 Å². The van der Waals surface area contributed by atoms with E-state index in [0.717, 1.165) is 6.42 Å². The summed E-state index contributed by atoms with van der Waals surface area (Å²) in [4.78, 5) is 10.6. The Morgan fingerprint density at radius 3 is 2.14 bits per heavy atom. The molecule has 0 radical (unpaired) electrons. The van der Waals surface area contributed by atoms with Gasteiger partial charge in [0.15, 0.2) is 0 Å². The average Bonchev–Trinajstić information content (AvgIpc) is 1.78. The zero-order chi connectivity index (χ0) is 11.6. The van der Waals surface area contributed by atoms with Crippen molar-refractivity contribution in [3.63, 3.8) is 0 Å². The van der Waals surface area contributed by atoms with Crippen molar-refractivity contribution in [3.8, 4) is 0 Å². The van der Waals surface area contributed by atoms with E-state index in [9.17, 15) is 4.79 Å². The van der Waals surface area contributed by atoms with E-state index in [2.05, 4.69) is 27.7 Å². The van der Waals surface area contributed by atoms with Gasteiger partial charge in [-0.25, -0.2) is 4.79 Å². The Hall–Kier alpha value is -0.513. The summed E-state index contributed by atoms with van der Waals surface area (Å²) >= 11 is 0. The first-order valence-corrected chi connectivity index (χ1v) is 7.91. The Morgan fingerprint density at radius 2 is 1.86 bits per heavy atom. The molecule has 0 rings (SSSR count). The van der Waals surface area contributed by atoms with Crippen LogP contribution in [0.3, 0.4) is 0 Å². The molecule has 0 saturated heterocycles. The number of carbonyl (C=O) groups is 1. The van der Waals surface area contributed by atoms with Crippen LogP contribution in [0.4, 0.5) is 4.79 Å². The molecule has 0 saturated carbocycles. The average molecular weight is 218 g/mol. The Morgan fingerprint density at radius 1 is 1.43 bits per heavy atom. The van der Waals surface area contributed by atoms with Crippen LogP contribution in [0.2, 0.25) is 18.1 Å². The minimum Gasteiger partial charge on any atom is -0.489 e. The Balaban J connectivity index is 4.59. The Kier molecular flexibility index (Phi) is 4.18. The second-order valence-electron chi connectivity index (χ2n) is 5.36. The third kappa shape index (κ3) is 3.70. The minimum atomic E-state index is -2.16. The lowest BCUT2D eigenvalue weighted by Gasteiger charge is -2.38. The molecule has 14 heavy (non-hydrogen) atoms. The number of hydrogen-bond acceptors (Lipinski definition) is 2. The van der Waals surface area contributed by atoms with Gasteiger partial charge in [0, 0.05) is 0 Å². The zero-order valence-corrected chi connectivity index (χ0v) is 11.0. The topological polar surface area (TPSA) is 46.5 Å². The quantitative estimate of drug-likeness (QED) is 0.732. The van der Waals surface area contributed by atoms with Gasteiger partial charge in [0.2, 0.25) is 0 Å². The second-order valence-corrected chi connectivity index (χ2v) is 9.94. The first-order chi connectivity index (χ1) is 6.08. The van der Waals surface area contributed by atoms with Crippen molar-refractivity contribution in [1.82, 2.24) is 0 Å². The summed E-state index contributed by atoms with van der Waals surface area (Å²) in [6.45, 7) is 12.4. The predicted molar refractivity (Wildman–Crippen MR) is 60.1 cm³/mol. The third-order valence-electron chi connectivity index (χ3n) is 2.89. The van der Waals surface area contributed by atoms with Crippen molar-refractivity contribution < 1.29 is 14.3 Å².